The number of halogens is 14. The molecule has 0 unspecified atom stereocenters. The Morgan fingerprint density at radius 3 is 1.10 bits per heavy atom. The predicted molar refractivity (Wildman–Crippen MR) is 194 cm³/mol. The highest BCUT2D eigenvalue weighted by molar-refractivity contribution is 6.01. The van der Waals surface area contributed by atoms with Crippen molar-refractivity contribution in [2.45, 2.75) is 0 Å². The highest BCUT2D eigenvalue weighted by Gasteiger charge is 2.34. The van der Waals surface area contributed by atoms with Crippen LogP contribution in [0.25, 0.3) is 78.6 Å². The van der Waals surface area contributed by atoms with E-state index in [1.54, 1.807) is 0 Å². The molecule has 8 bridgehead atoms. The van der Waals surface area contributed by atoms with Crippen molar-refractivity contribution >= 4 is 50.9 Å². The topological polar surface area (TPSA) is 72.7 Å². The van der Waals surface area contributed by atoms with Gasteiger partial charge in [0.1, 0.15) is 5.69 Å². The number of H-pyrrole nitrogens is 3. The molecule has 0 aliphatic carbocycles. The molecule has 6 heterocycles. The van der Waals surface area contributed by atoms with Crippen LogP contribution in [0, 0.1) is 81.4 Å². The van der Waals surface area contributed by atoms with Gasteiger partial charge in [0.25, 0.3) is 0 Å². The number of nitrogens with one attached hydrogen (secondary N) is 3. The van der Waals surface area contributed by atoms with Crippen LogP contribution >= 0.6 is 0 Å². The van der Waals surface area contributed by atoms with Gasteiger partial charge in [-0.05, 0) is 48.6 Å². The van der Waals surface area contributed by atoms with Gasteiger partial charge in [0.05, 0.1) is 46.8 Å². The van der Waals surface area contributed by atoms with Crippen molar-refractivity contribution < 1.29 is 66.2 Å². The summed E-state index contributed by atoms with van der Waals surface area (Å²) < 4.78 is 220. The normalized spacial score (nSPS) is 13.6. The van der Waals surface area contributed by atoms with Gasteiger partial charge in [0, 0.05) is 57.4 Å². The fourth-order valence-electron chi connectivity index (χ4n) is 7.50. The Balaban J connectivity index is 1.48. The van der Waals surface area contributed by atoms with E-state index in [4.69, 9.17) is 4.74 Å². The molecule has 4 aromatic heterocycles. The third kappa shape index (κ3) is 5.93. The fraction of sp³-hybridized carbons (Fsp3) is 0.0976. The van der Waals surface area contributed by atoms with Crippen LogP contribution in [-0.2, 0) is 4.74 Å². The zero-order valence-electron chi connectivity index (χ0n) is 30.0. The summed E-state index contributed by atoms with van der Waals surface area (Å²) in [5.41, 5.74) is -11.3. The molecule has 1 fully saturated rings. The zero-order valence-corrected chi connectivity index (χ0v) is 30.0. The lowest BCUT2D eigenvalue weighted by molar-refractivity contribution is 0.122. The number of fused-ring (bicyclic) bond motifs is 9. The van der Waals surface area contributed by atoms with Crippen LogP contribution in [0.4, 0.5) is 67.2 Å². The molecular formula is C41H19F14N5O. The second-order valence-electron chi connectivity index (χ2n) is 13.7. The van der Waals surface area contributed by atoms with E-state index in [0.717, 1.165) is 41.3 Å². The second kappa shape index (κ2) is 14.4. The molecule has 3 N–H and O–H groups in total. The minimum Gasteiger partial charge on any atom is -0.378 e. The van der Waals surface area contributed by atoms with Crippen molar-refractivity contribution in [1.29, 1.82) is 0 Å². The molecule has 0 amide bonds. The Morgan fingerprint density at radius 1 is 0.361 bits per heavy atom. The summed E-state index contributed by atoms with van der Waals surface area (Å²) >= 11 is 0. The van der Waals surface area contributed by atoms with Gasteiger partial charge in [-0.15, -0.1) is 0 Å². The van der Waals surface area contributed by atoms with Gasteiger partial charge in [0.15, 0.2) is 69.8 Å². The zero-order chi connectivity index (χ0) is 43.3. The number of rotatable bonds is 4. The van der Waals surface area contributed by atoms with Crippen molar-refractivity contribution in [2.24, 2.45) is 0 Å². The van der Waals surface area contributed by atoms with Crippen LogP contribution in [0.5, 0.6) is 0 Å². The third-order valence-electron chi connectivity index (χ3n) is 10.3. The summed E-state index contributed by atoms with van der Waals surface area (Å²) in [6.45, 7) is -0.338. The maximum absolute atomic E-state index is 16.4. The lowest BCUT2D eigenvalue weighted by Crippen LogP contribution is -2.37. The average Bonchev–Trinajstić information content (AvgIpc) is 4.11. The average molecular weight is 864 g/mol. The Kier molecular flexibility index (Phi) is 9.37. The first-order valence-corrected chi connectivity index (χ1v) is 17.7. The van der Waals surface area contributed by atoms with Crippen LogP contribution in [0.2, 0.25) is 0 Å². The molecule has 2 aliphatic heterocycles. The number of anilines is 1. The van der Waals surface area contributed by atoms with Gasteiger partial charge in [-0.2, -0.15) is 0 Å². The van der Waals surface area contributed by atoms with Crippen LogP contribution in [0.1, 0.15) is 11.4 Å². The van der Waals surface area contributed by atoms with Crippen LogP contribution in [0.15, 0.2) is 36.4 Å². The van der Waals surface area contributed by atoms with Crippen molar-refractivity contribution in [2.75, 3.05) is 31.2 Å². The van der Waals surface area contributed by atoms with E-state index in [9.17, 15) is 26.3 Å². The first kappa shape index (κ1) is 39.6. The van der Waals surface area contributed by atoms with Crippen molar-refractivity contribution in [3.63, 3.8) is 0 Å². The Morgan fingerprint density at radius 2 is 0.672 bits per heavy atom. The molecule has 9 rings (SSSR count). The highest BCUT2D eigenvalue weighted by Crippen LogP contribution is 2.43. The molecule has 0 saturated carbocycles. The smallest absolute Gasteiger partial charge is 0.200 e. The molecule has 1 saturated heterocycles. The van der Waals surface area contributed by atoms with E-state index in [-0.39, 0.29) is 43.0 Å². The monoisotopic (exact) mass is 863 g/mol. The molecule has 0 spiro atoms. The van der Waals surface area contributed by atoms with Gasteiger partial charge in [-0.25, -0.2) is 66.4 Å². The predicted octanol–water partition coefficient (Wildman–Crippen LogP) is 11.5. The third-order valence-corrected chi connectivity index (χ3v) is 10.3. The van der Waals surface area contributed by atoms with Crippen LogP contribution in [-0.4, -0.2) is 46.2 Å². The second-order valence-corrected chi connectivity index (χ2v) is 13.7. The van der Waals surface area contributed by atoms with Crippen LogP contribution in [0.3, 0.4) is 0 Å². The summed E-state index contributed by atoms with van der Waals surface area (Å²) in [7, 11) is 0. The van der Waals surface area contributed by atoms with E-state index in [1.165, 1.54) is 12.1 Å². The van der Waals surface area contributed by atoms with Crippen LogP contribution < -0.4 is 4.90 Å². The largest absolute Gasteiger partial charge is 0.378 e. The quantitative estimate of drug-likeness (QED) is 0.0937. The summed E-state index contributed by atoms with van der Waals surface area (Å²) in [5, 5.41) is 0. The first-order valence-electron chi connectivity index (χ1n) is 17.7. The van der Waals surface area contributed by atoms with Crippen molar-refractivity contribution in [1.82, 2.24) is 19.9 Å². The number of aromatic nitrogens is 4. The molecule has 20 heteroatoms. The minimum atomic E-state index is -2.57. The number of morpholine rings is 1. The van der Waals surface area contributed by atoms with Crippen molar-refractivity contribution in [3.05, 3.63) is 129 Å². The van der Waals surface area contributed by atoms with E-state index in [2.05, 4.69) is 19.9 Å². The Labute approximate surface area is 330 Å². The molecule has 61 heavy (non-hydrogen) atoms. The number of aromatic amines is 3. The van der Waals surface area contributed by atoms with E-state index in [1.807, 2.05) is 0 Å². The minimum absolute atomic E-state index is 0.0276. The number of nitrogens with zero attached hydrogens (tertiary/aromatic N) is 2. The van der Waals surface area contributed by atoms with E-state index < -0.39 is 148 Å². The Bertz CT molecular complexity index is 3110. The van der Waals surface area contributed by atoms with Gasteiger partial charge < -0.3 is 24.6 Å². The van der Waals surface area contributed by atoms with Gasteiger partial charge in [-0.1, -0.05) is 0 Å². The van der Waals surface area contributed by atoms with Gasteiger partial charge in [-0.3, -0.25) is 0 Å². The molecule has 312 valence electrons. The molecule has 7 aromatic rings. The molecule has 2 aliphatic rings. The fourth-order valence-corrected chi connectivity index (χ4v) is 7.50. The molecule has 6 nitrogen and oxygen atoms in total. The van der Waals surface area contributed by atoms with E-state index in [0.29, 0.717) is 0 Å². The summed E-state index contributed by atoms with van der Waals surface area (Å²) in [6.07, 6.45) is 2.24. The summed E-state index contributed by atoms with van der Waals surface area (Å²) in [6, 6.07) is 6.11. The lowest BCUT2D eigenvalue weighted by Gasteiger charge is -2.30. The maximum atomic E-state index is 16.4. The van der Waals surface area contributed by atoms with E-state index >= 15 is 35.1 Å². The summed E-state index contributed by atoms with van der Waals surface area (Å²) in [5.74, 6) is -31.6. The van der Waals surface area contributed by atoms with Gasteiger partial charge in [0.2, 0.25) is 11.6 Å². The highest BCUT2D eigenvalue weighted by atomic mass is 19.2. The SMILES string of the molecule is Fc1c(F)c(F)c(-c2c3nc(c4ccc([nH]4)c(-c4c(F)c(F)c(N5CCOCC5)c(F)c4F)c4ccc([nH]4)c(-c4c(F)c(F)c(F)c(F)c4F)c4ccc2[nH]4)C=C3)c(F)c1F. The molecular weight excluding hydrogens is 844 g/mol. The maximum Gasteiger partial charge on any atom is 0.200 e. The molecule has 0 radical (unpaired) electrons. The molecule has 0 atom stereocenters. The number of ether oxygens (including phenoxy) is 1. The Hall–Kier alpha value is -6.83. The number of hydrogen-bond donors (Lipinski definition) is 3. The first-order chi connectivity index (χ1) is 29.1. The molecule has 3 aromatic carbocycles. The number of hydrogen-bond acceptors (Lipinski definition) is 3. The van der Waals surface area contributed by atoms with Gasteiger partial charge >= 0.3 is 0 Å². The lowest BCUT2D eigenvalue weighted by atomic mass is 10.0. The number of benzene rings is 3. The summed E-state index contributed by atoms with van der Waals surface area (Å²) in [4.78, 5) is 13.1. The standard InChI is InChI=1S/C41H19F14N5O/c42-27-24(28(43)34(49)37(52)33(27)48)21-15-3-1-13(56-15)14-2-4-16(57-14)22(26-31(46)39(54)41(40(55)32(26)47)60-9-11-61-12-10-60)18-6-8-20(59-18)23(19-7-5-17(21)58-19)25-29(44)35(50)38(53)36(51)30(25)45/h1-8,57-59H,9-12H2. The van der Waals surface area contributed by atoms with Crippen molar-refractivity contribution in [3.8, 4) is 33.4 Å².